The summed E-state index contributed by atoms with van der Waals surface area (Å²) < 4.78 is 13.1. The van der Waals surface area contributed by atoms with E-state index in [-0.39, 0.29) is 10.9 Å². The van der Waals surface area contributed by atoms with Crippen LogP contribution >= 0.6 is 23.8 Å². The van der Waals surface area contributed by atoms with Gasteiger partial charge in [-0.1, -0.05) is 25.4 Å². The quantitative estimate of drug-likeness (QED) is 0.552. The molecule has 0 aliphatic heterocycles. The second kappa shape index (κ2) is 10.9. The SMILES string of the molecule is CCN(CC)CCNC(=O)c1ccc(NC(=S)Nc2ccc(F)cc2Cl)cc1. The molecule has 1 amide bonds. The van der Waals surface area contributed by atoms with Gasteiger partial charge in [0.25, 0.3) is 5.91 Å². The lowest BCUT2D eigenvalue weighted by Gasteiger charge is -2.18. The lowest BCUT2D eigenvalue weighted by atomic mass is 10.2. The van der Waals surface area contributed by atoms with Crippen molar-refractivity contribution in [1.29, 1.82) is 0 Å². The van der Waals surface area contributed by atoms with Crippen LogP contribution in [-0.4, -0.2) is 42.1 Å². The van der Waals surface area contributed by atoms with Crippen LogP contribution in [0.4, 0.5) is 15.8 Å². The van der Waals surface area contributed by atoms with Crippen LogP contribution in [-0.2, 0) is 0 Å². The first kappa shape index (κ1) is 22.1. The summed E-state index contributed by atoms with van der Waals surface area (Å²) in [7, 11) is 0. The van der Waals surface area contributed by atoms with Gasteiger partial charge in [0.05, 0.1) is 10.7 Å². The minimum absolute atomic E-state index is 0.113. The highest BCUT2D eigenvalue weighted by Crippen LogP contribution is 2.22. The average Bonchev–Trinajstić information content (AvgIpc) is 2.68. The van der Waals surface area contributed by atoms with Gasteiger partial charge in [-0.25, -0.2) is 4.39 Å². The summed E-state index contributed by atoms with van der Waals surface area (Å²) in [6.45, 7) is 7.55. The number of carbonyl (C=O) groups is 1. The summed E-state index contributed by atoms with van der Waals surface area (Å²) >= 11 is 11.2. The minimum atomic E-state index is -0.416. The van der Waals surface area contributed by atoms with Crippen LogP contribution in [0.3, 0.4) is 0 Å². The molecule has 0 atom stereocenters. The zero-order valence-corrected chi connectivity index (χ0v) is 17.5. The number of nitrogens with one attached hydrogen (secondary N) is 3. The summed E-state index contributed by atoms with van der Waals surface area (Å²) in [6, 6.07) is 11.0. The molecule has 2 rings (SSSR count). The fourth-order valence-electron chi connectivity index (χ4n) is 2.55. The molecule has 2 aromatic carbocycles. The maximum Gasteiger partial charge on any atom is 0.251 e. The van der Waals surface area contributed by atoms with Crippen LogP contribution in [0, 0.1) is 5.82 Å². The number of amides is 1. The maximum atomic E-state index is 13.1. The second-order valence-electron chi connectivity index (χ2n) is 6.06. The number of hydrogen-bond acceptors (Lipinski definition) is 3. The first-order valence-corrected chi connectivity index (χ1v) is 9.85. The van der Waals surface area contributed by atoms with E-state index in [1.54, 1.807) is 24.3 Å². The van der Waals surface area contributed by atoms with E-state index in [9.17, 15) is 9.18 Å². The van der Waals surface area contributed by atoms with E-state index < -0.39 is 5.82 Å². The first-order chi connectivity index (χ1) is 13.4. The Kier molecular flexibility index (Phi) is 8.63. The van der Waals surface area contributed by atoms with E-state index in [0.717, 1.165) is 25.3 Å². The average molecular weight is 423 g/mol. The standard InChI is InChI=1S/C20H24ClFN4OS/c1-3-26(4-2)12-11-23-19(27)14-5-8-16(9-6-14)24-20(28)25-18-10-7-15(22)13-17(18)21/h5-10,13H,3-4,11-12H2,1-2H3,(H,23,27)(H2,24,25,28). The molecule has 0 aliphatic rings. The van der Waals surface area contributed by atoms with Crippen molar-refractivity contribution in [2.75, 3.05) is 36.8 Å². The van der Waals surface area contributed by atoms with Gasteiger partial charge in [0.15, 0.2) is 5.11 Å². The number of benzene rings is 2. The van der Waals surface area contributed by atoms with Gasteiger partial charge in [0.2, 0.25) is 0 Å². The molecule has 0 fully saturated rings. The Morgan fingerprint density at radius 2 is 1.79 bits per heavy atom. The van der Waals surface area contributed by atoms with Gasteiger partial charge in [0.1, 0.15) is 5.82 Å². The van der Waals surface area contributed by atoms with E-state index in [0.29, 0.717) is 22.9 Å². The summed E-state index contributed by atoms with van der Waals surface area (Å²) in [5.41, 5.74) is 1.80. The number of likely N-dealkylation sites (N-methyl/N-ethyl adjacent to an activating group) is 1. The molecule has 0 spiro atoms. The van der Waals surface area contributed by atoms with Crippen LogP contribution in [0.2, 0.25) is 5.02 Å². The molecular weight excluding hydrogens is 399 g/mol. The van der Waals surface area contributed by atoms with Gasteiger partial charge < -0.3 is 20.9 Å². The zero-order valence-electron chi connectivity index (χ0n) is 15.9. The molecule has 0 bridgehead atoms. The highest BCUT2D eigenvalue weighted by molar-refractivity contribution is 7.80. The molecule has 2 aromatic rings. The van der Waals surface area contributed by atoms with E-state index in [1.165, 1.54) is 18.2 Å². The summed E-state index contributed by atoms with van der Waals surface area (Å²) in [5, 5.41) is 9.38. The Bertz CT molecular complexity index is 812. The molecule has 5 nitrogen and oxygen atoms in total. The van der Waals surface area contributed by atoms with Gasteiger partial charge in [-0.3, -0.25) is 4.79 Å². The molecule has 0 heterocycles. The molecule has 0 radical (unpaired) electrons. The second-order valence-corrected chi connectivity index (χ2v) is 6.88. The molecular formula is C20H24ClFN4OS. The van der Waals surface area contributed by atoms with Crippen LogP contribution in [0.25, 0.3) is 0 Å². The van der Waals surface area contributed by atoms with Gasteiger partial charge in [-0.2, -0.15) is 0 Å². The van der Waals surface area contributed by atoms with E-state index in [2.05, 4.69) is 34.7 Å². The number of thiocarbonyl (C=S) groups is 1. The van der Waals surface area contributed by atoms with Gasteiger partial charge in [-0.05, 0) is 67.8 Å². The monoisotopic (exact) mass is 422 g/mol. The number of hydrogen-bond donors (Lipinski definition) is 3. The Morgan fingerprint density at radius 1 is 1.11 bits per heavy atom. The minimum Gasteiger partial charge on any atom is -0.351 e. The lowest BCUT2D eigenvalue weighted by molar-refractivity contribution is 0.0949. The third kappa shape index (κ3) is 6.74. The van der Waals surface area contributed by atoms with Crippen molar-refractivity contribution in [3.05, 3.63) is 58.9 Å². The van der Waals surface area contributed by atoms with Crippen molar-refractivity contribution in [3.63, 3.8) is 0 Å². The molecule has 0 aliphatic carbocycles. The predicted molar refractivity (Wildman–Crippen MR) is 118 cm³/mol. The third-order valence-electron chi connectivity index (χ3n) is 4.19. The van der Waals surface area contributed by atoms with Gasteiger partial charge >= 0.3 is 0 Å². The first-order valence-electron chi connectivity index (χ1n) is 9.06. The Balaban J connectivity index is 1.86. The largest absolute Gasteiger partial charge is 0.351 e. The van der Waals surface area contributed by atoms with Crippen LogP contribution in [0.15, 0.2) is 42.5 Å². The number of halogens is 2. The highest BCUT2D eigenvalue weighted by atomic mass is 35.5. The van der Waals surface area contributed by atoms with Crippen molar-refractivity contribution < 1.29 is 9.18 Å². The number of anilines is 2. The van der Waals surface area contributed by atoms with Gasteiger partial charge in [0, 0.05) is 24.3 Å². The fourth-order valence-corrected chi connectivity index (χ4v) is 2.99. The number of carbonyl (C=O) groups excluding carboxylic acids is 1. The molecule has 0 aromatic heterocycles. The Labute approximate surface area is 175 Å². The van der Waals surface area contributed by atoms with Crippen molar-refractivity contribution in [3.8, 4) is 0 Å². The van der Waals surface area contributed by atoms with Crippen molar-refractivity contribution in [2.45, 2.75) is 13.8 Å². The van der Waals surface area contributed by atoms with Crippen molar-refractivity contribution >= 4 is 46.2 Å². The third-order valence-corrected chi connectivity index (χ3v) is 4.71. The maximum absolute atomic E-state index is 13.1. The molecule has 0 saturated carbocycles. The zero-order chi connectivity index (χ0) is 20.5. The normalized spacial score (nSPS) is 10.6. The van der Waals surface area contributed by atoms with E-state index in [1.807, 2.05) is 0 Å². The predicted octanol–water partition coefficient (Wildman–Crippen LogP) is 4.36. The number of rotatable bonds is 8. The summed E-state index contributed by atoms with van der Waals surface area (Å²) in [5.74, 6) is -0.530. The fraction of sp³-hybridized carbons (Fsp3) is 0.300. The van der Waals surface area contributed by atoms with Crippen LogP contribution < -0.4 is 16.0 Å². The molecule has 8 heteroatoms. The van der Waals surface area contributed by atoms with E-state index >= 15 is 0 Å². The Hall–Kier alpha value is -2.22. The van der Waals surface area contributed by atoms with Gasteiger partial charge in [-0.15, -0.1) is 0 Å². The molecule has 150 valence electrons. The van der Waals surface area contributed by atoms with Crippen molar-refractivity contribution in [2.24, 2.45) is 0 Å². The molecule has 3 N–H and O–H groups in total. The molecule has 0 unspecified atom stereocenters. The van der Waals surface area contributed by atoms with Crippen LogP contribution in [0.5, 0.6) is 0 Å². The highest BCUT2D eigenvalue weighted by Gasteiger charge is 2.08. The summed E-state index contributed by atoms with van der Waals surface area (Å²) in [6.07, 6.45) is 0. The lowest BCUT2D eigenvalue weighted by Crippen LogP contribution is -2.34. The molecule has 0 saturated heterocycles. The molecule has 28 heavy (non-hydrogen) atoms. The Morgan fingerprint density at radius 3 is 2.39 bits per heavy atom. The topological polar surface area (TPSA) is 56.4 Å². The van der Waals surface area contributed by atoms with Crippen LogP contribution in [0.1, 0.15) is 24.2 Å². The van der Waals surface area contributed by atoms with Crippen molar-refractivity contribution in [1.82, 2.24) is 10.2 Å². The summed E-state index contributed by atoms with van der Waals surface area (Å²) in [4.78, 5) is 14.5. The van der Waals surface area contributed by atoms with E-state index in [4.69, 9.17) is 23.8 Å². The smallest absolute Gasteiger partial charge is 0.251 e. The number of nitrogens with zero attached hydrogens (tertiary/aromatic N) is 1.